The number of rotatable bonds is 3. The molecule has 2 unspecified atom stereocenters. The van der Waals surface area contributed by atoms with E-state index in [1.54, 1.807) is 13.8 Å². The third-order valence-electron chi connectivity index (χ3n) is 6.38. The molecule has 1 aliphatic heterocycles. The lowest BCUT2D eigenvalue weighted by molar-refractivity contribution is -0.0698. The molecule has 0 amide bonds. The van der Waals surface area contributed by atoms with Gasteiger partial charge in [0.05, 0.1) is 27.8 Å². The Hall–Kier alpha value is -3.58. The molecule has 7 nitrogen and oxygen atoms in total. The van der Waals surface area contributed by atoms with Gasteiger partial charge < -0.3 is 23.4 Å². The van der Waals surface area contributed by atoms with Crippen LogP contribution in [0.2, 0.25) is 0 Å². The highest BCUT2D eigenvalue weighted by atomic mass is 16.7. The molecule has 0 aliphatic carbocycles. The van der Waals surface area contributed by atoms with Crippen LogP contribution in [0, 0.1) is 27.7 Å². The maximum Gasteiger partial charge on any atom is 0.344 e. The van der Waals surface area contributed by atoms with Crippen molar-refractivity contribution in [3.63, 3.8) is 0 Å². The van der Waals surface area contributed by atoms with E-state index in [9.17, 15) is 14.7 Å². The van der Waals surface area contributed by atoms with Crippen molar-refractivity contribution in [2.24, 2.45) is 0 Å². The lowest BCUT2D eigenvalue weighted by Gasteiger charge is -2.19. The van der Waals surface area contributed by atoms with Gasteiger partial charge in [0, 0.05) is 6.61 Å². The predicted octanol–water partition coefficient (Wildman–Crippen LogP) is 4.73. The second-order valence-electron chi connectivity index (χ2n) is 8.51. The highest BCUT2D eigenvalue weighted by Gasteiger charge is 2.45. The third kappa shape index (κ3) is 2.99. The van der Waals surface area contributed by atoms with Crippen LogP contribution in [0.15, 0.2) is 42.7 Å². The fourth-order valence-corrected chi connectivity index (χ4v) is 4.72. The van der Waals surface area contributed by atoms with Crippen molar-refractivity contribution in [2.75, 3.05) is 6.61 Å². The van der Waals surface area contributed by atoms with Crippen LogP contribution >= 0.6 is 0 Å². The van der Waals surface area contributed by atoms with E-state index < -0.39 is 23.5 Å². The topological polar surface area (TPSA) is 99.1 Å². The first kappa shape index (κ1) is 21.3. The summed E-state index contributed by atoms with van der Waals surface area (Å²) in [6.07, 6.45) is -1.00. The van der Waals surface area contributed by atoms with E-state index >= 15 is 0 Å². The van der Waals surface area contributed by atoms with Crippen molar-refractivity contribution in [3.8, 4) is 11.5 Å². The number of aryl methyl sites for hydroxylation is 4. The number of benzene rings is 2. The molecule has 0 saturated heterocycles. The Morgan fingerprint density at radius 1 is 0.818 bits per heavy atom. The largest absolute Gasteiger partial charge is 0.507 e. The number of ether oxygens (including phenoxy) is 2. The molecular formula is C26H24O7. The molecule has 0 saturated carbocycles. The Morgan fingerprint density at radius 2 is 1.33 bits per heavy atom. The van der Waals surface area contributed by atoms with Crippen LogP contribution in [0.1, 0.15) is 46.2 Å². The first-order chi connectivity index (χ1) is 15.7. The zero-order valence-corrected chi connectivity index (χ0v) is 19.1. The van der Waals surface area contributed by atoms with E-state index in [1.807, 2.05) is 45.0 Å². The molecule has 3 heterocycles. The van der Waals surface area contributed by atoms with E-state index in [1.165, 1.54) is 0 Å². The Bertz CT molecular complexity index is 1560. The normalized spacial score (nSPS) is 17.5. The van der Waals surface area contributed by atoms with Crippen molar-refractivity contribution < 1.29 is 23.4 Å². The van der Waals surface area contributed by atoms with Crippen molar-refractivity contribution in [3.05, 3.63) is 78.5 Å². The lowest BCUT2D eigenvalue weighted by atomic mass is 9.90. The van der Waals surface area contributed by atoms with Gasteiger partial charge >= 0.3 is 11.3 Å². The highest BCUT2D eigenvalue weighted by molar-refractivity contribution is 5.92. The number of fused-ring (bicyclic) bond motifs is 4. The summed E-state index contributed by atoms with van der Waals surface area (Å²) in [5.41, 5.74) is 2.51. The minimum absolute atomic E-state index is 0.0784. The van der Waals surface area contributed by atoms with Crippen LogP contribution in [-0.4, -0.2) is 18.0 Å². The zero-order chi connectivity index (χ0) is 23.6. The molecule has 2 aromatic carbocycles. The van der Waals surface area contributed by atoms with Crippen LogP contribution in [0.25, 0.3) is 21.9 Å². The SMILES string of the molecule is CCOC1Oc2c(c(=O)oc3c(C)ccc(C)c23)C1c1c(O)c2c(C)ccc(C)c2oc1=O. The number of hydrogen-bond donors (Lipinski definition) is 1. The molecule has 0 radical (unpaired) electrons. The molecule has 170 valence electrons. The van der Waals surface area contributed by atoms with Crippen LogP contribution in [-0.2, 0) is 4.74 Å². The summed E-state index contributed by atoms with van der Waals surface area (Å²) in [5, 5.41) is 12.4. The molecule has 0 bridgehead atoms. The van der Waals surface area contributed by atoms with Gasteiger partial charge in [0.25, 0.3) is 0 Å². The Labute approximate surface area is 189 Å². The van der Waals surface area contributed by atoms with Gasteiger partial charge in [-0.25, -0.2) is 9.59 Å². The van der Waals surface area contributed by atoms with Crippen LogP contribution in [0.4, 0.5) is 0 Å². The average Bonchev–Trinajstić information content (AvgIpc) is 3.13. The van der Waals surface area contributed by atoms with E-state index in [0.29, 0.717) is 27.7 Å². The molecule has 1 aliphatic rings. The molecule has 2 aromatic heterocycles. The van der Waals surface area contributed by atoms with Gasteiger partial charge in [-0.3, -0.25) is 0 Å². The highest BCUT2D eigenvalue weighted by Crippen LogP contribution is 2.48. The summed E-state index contributed by atoms with van der Waals surface area (Å²) in [6, 6.07) is 7.45. The van der Waals surface area contributed by atoms with Crippen LogP contribution in [0.3, 0.4) is 0 Å². The third-order valence-corrected chi connectivity index (χ3v) is 6.38. The zero-order valence-electron chi connectivity index (χ0n) is 19.1. The van der Waals surface area contributed by atoms with Crippen molar-refractivity contribution in [2.45, 2.75) is 46.8 Å². The summed E-state index contributed by atoms with van der Waals surface area (Å²) in [7, 11) is 0. The van der Waals surface area contributed by atoms with Gasteiger partial charge in [-0.05, 0) is 56.9 Å². The molecule has 2 atom stereocenters. The standard InChI is InChI=1S/C26H24O7/c1-6-30-26-17(18-20(27)15-11(2)7-9-13(4)21(15)31-24(18)28)19-23(33-26)16-12(3)8-10-14(5)22(16)32-25(19)29/h7-10,17,26-27H,6H2,1-5H3. The average molecular weight is 448 g/mol. The molecule has 4 aromatic rings. The molecular weight excluding hydrogens is 424 g/mol. The van der Waals surface area contributed by atoms with E-state index in [0.717, 1.165) is 22.3 Å². The molecule has 1 N–H and O–H groups in total. The van der Waals surface area contributed by atoms with Crippen LogP contribution in [0.5, 0.6) is 11.5 Å². The summed E-state index contributed by atoms with van der Waals surface area (Å²) >= 11 is 0. The monoisotopic (exact) mass is 448 g/mol. The van der Waals surface area contributed by atoms with Gasteiger partial charge in [0.2, 0.25) is 6.29 Å². The predicted molar refractivity (Wildman–Crippen MR) is 123 cm³/mol. The van der Waals surface area contributed by atoms with Gasteiger partial charge in [-0.15, -0.1) is 0 Å². The minimum Gasteiger partial charge on any atom is -0.507 e. The van der Waals surface area contributed by atoms with E-state index in [4.69, 9.17) is 18.3 Å². The minimum atomic E-state index is -1.01. The van der Waals surface area contributed by atoms with Crippen LogP contribution < -0.4 is 16.0 Å². The number of hydrogen-bond acceptors (Lipinski definition) is 7. The lowest BCUT2D eigenvalue weighted by Crippen LogP contribution is -2.29. The van der Waals surface area contributed by atoms with Gasteiger partial charge in [-0.2, -0.15) is 0 Å². The molecule has 33 heavy (non-hydrogen) atoms. The van der Waals surface area contributed by atoms with E-state index in [-0.39, 0.29) is 23.5 Å². The molecule has 7 heteroatoms. The summed E-state index contributed by atoms with van der Waals surface area (Å²) in [5.74, 6) is -0.944. The molecule has 0 fully saturated rings. The van der Waals surface area contributed by atoms with Gasteiger partial charge in [0.15, 0.2) is 0 Å². The Kier molecular flexibility index (Phi) is 4.83. The first-order valence-corrected chi connectivity index (χ1v) is 10.9. The smallest absolute Gasteiger partial charge is 0.344 e. The second-order valence-corrected chi connectivity index (χ2v) is 8.51. The first-order valence-electron chi connectivity index (χ1n) is 10.9. The maximum absolute atomic E-state index is 13.2. The summed E-state index contributed by atoms with van der Waals surface area (Å²) < 4.78 is 23.3. The quantitative estimate of drug-likeness (QED) is 0.453. The van der Waals surface area contributed by atoms with Crippen molar-refractivity contribution in [1.82, 2.24) is 0 Å². The summed E-state index contributed by atoms with van der Waals surface area (Å²) in [6.45, 7) is 9.41. The Morgan fingerprint density at radius 3 is 1.94 bits per heavy atom. The fraction of sp³-hybridized carbons (Fsp3) is 0.308. The van der Waals surface area contributed by atoms with Crippen molar-refractivity contribution in [1.29, 1.82) is 0 Å². The maximum atomic E-state index is 13.2. The second kappa shape index (κ2) is 7.49. The van der Waals surface area contributed by atoms with Gasteiger partial charge in [-0.1, -0.05) is 24.3 Å². The molecule has 0 spiro atoms. The Balaban J connectivity index is 1.89. The summed E-state index contributed by atoms with van der Waals surface area (Å²) in [4.78, 5) is 26.4. The molecule has 5 rings (SSSR count). The fourth-order valence-electron chi connectivity index (χ4n) is 4.72. The van der Waals surface area contributed by atoms with Gasteiger partial charge in [0.1, 0.15) is 22.7 Å². The van der Waals surface area contributed by atoms with Crippen molar-refractivity contribution >= 4 is 21.9 Å². The number of aromatic hydroxyl groups is 1. The van der Waals surface area contributed by atoms with E-state index in [2.05, 4.69) is 0 Å².